The van der Waals surface area contributed by atoms with E-state index in [0.29, 0.717) is 22.8 Å². The Bertz CT molecular complexity index is 638. The lowest BCUT2D eigenvalue weighted by Crippen LogP contribution is -2.25. The smallest absolute Gasteiger partial charge is 0.0749 e. The molecule has 0 saturated heterocycles. The van der Waals surface area contributed by atoms with Gasteiger partial charge in [-0.1, -0.05) is 58.9 Å². The summed E-state index contributed by atoms with van der Waals surface area (Å²) in [5.41, 5.74) is 3.20. The van der Waals surface area contributed by atoms with Gasteiger partial charge in [0.15, 0.2) is 0 Å². The van der Waals surface area contributed by atoms with Crippen molar-refractivity contribution in [2.75, 3.05) is 6.54 Å². The third-order valence-electron chi connectivity index (χ3n) is 5.89. The predicted octanol–water partition coefficient (Wildman–Crippen LogP) is 4.57. The van der Waals surface area contributed by atoms with Gasteiger partial charge in [-0.25, -0.2) is 0 Å². The Hall–Kier alpha value is -1.41. The van der Waals surface area contributed by atoms with Crippen LogP contribution in [0.15, 0.2) is 36.5 Å². The molecule has 1 aliphatic rings. The second-order valence-electron chi connectivity index (χ2n) is 7.38. The topological polar surface area (TPSA) is 24.9 Å². The highest BCUT2D eigenvalue weighted by molar-refractivity contribution is 5.82. The lowest BCUT2D eigenvalue weighted by atomic mass is 9.94. The number of rotatable bonds is 4. The van der Waals surface area contributed by atoms with Gasteiger partial charge in [0.2, 0.25) is 0 Å². The Balaban J connectivity index is 2.10. The summed E-state index contributed by atoms with van der Waals surface area (Å²) in [5.74, 6) is 0.637. The maximum Gasteiger partial charge on any atom is 0.0749 e. The van der Waals surface area contributed by atoms with Crippen molar-refractivity contribution >= 4 is 10.9 Å². The van der Waals surface area contributed by atoms with E-state index in [0.717, 1.165) is 12.1 Å². The number of nitrogens with one attached hydrogen (secondary N) is 1. The van der Waals surface area contributed by atoms with E-state index in [9.17, 15) is 0 Å². The number of aromatic nitrogens is 1. The molecule has 1 fully saturated rings. The molecule has 0 aliphatic heterocycles. The summed E-state index contributed by atoms with van der Waals surface area (Å²) in [5, 5.41) is 4.95. The van der Waals surface area contributed by atoms with Gasteiger partial charge in [0.25, 0.3) is 0 Å². The summed E-state index contributed by atoms with van der Waals surface area (Å²) in [6.07, 6.45) is 1.90. The fourth-order valence-corrected chi connectivity index (χ4v) is 4.09. The lowest BCUT2D eigenvalue weighted by molar-refractivity contribution is 0.420. The fourth-order valence-electron chi connectivity index (χ4n) is 4.09. The molecule has 1 atom stereocenters. The van der Waals surface area contributed by atoms with Gasteiger partial charge in [-0.2, -0.15) is 0 Å². The van der Waals surface area contributed by atoms with E-state index < -0.39 is 0 Å². The summed E-state index contributed by atoms with van der Waals surface area (Å²) in [4.78, 5) is 4.65. The molecule has 0 amide bonds. The minimum Gasteiger partial charge on any atom is -0.310 e. The number of hydrogen-bond acceptors (Lipinski definition) is 2. The van der Waals surface area contributed by atoms with Crippen molar-refractivity contribution in [3.05, 3.63) is 42.1 Å². The maximum absolute atomic E-state index is 4.65. The quantitative estimate of drug-likeness (QED) is 0.888. The summed E-state index contributed by atoms with van der Waals surface area (Å²) < 4.78 is 0. The SMILES string of the molecule is CCNC(c1cccc2cccnc12)C1C(C)(C)C1(C)C. The number of pyridine rings is 1. The second-order valence-corrected chi connectivity index (χ2v) is 7.38. The minimum absolute atomic E-state index is 0.358. The minimum atomic E-state index is 0.358. The van der Waals surface area contributed by atoms with Gasteiger partial charge in [0, 0.05) is 17.6 Å². The first-order valence-corrected chi connectivity index (χ1v) is 7.98. The number of fused-ring (bicyclic) bond motifs is 1. The van der Waals surface area contributed by atoms with Crippen LogP contribution in [0.1, 0.15) is 46.2 Å². The Morgan fingerprint density at radius 3 is 2.38 bits per heavy atom. The average molecular weight is 282 g/mol. The Morgan fingerprint density at radius 1 is 1.10 bits per heavy atom. The fraction of sp³-hybridized carbons (Fsp3) is 0.526. The highest BCUT2D eigenvalue weighted by Gasteiger charge is 2.67. The van der Waals surface area contributed by atoms with Crippen molar-refractivity contribution < 1.29 is 0 Å². The highest BCUT2D eigenvalue weighted by atomic mass is 15.0. The van der Waals surface area contributed by atoms with Crippen LogP contribution in [0.2, 0.25) is 0 Å². The van der Waals surface area contributed by atoms with Crippen molar-refractivity contribution in [2.45, 2.75) is 40.7 Å². The van der Waals surface area contributed by atoms with Crippen LogP contribution in [-0.4, -0.2) is 11.5 Å². The summed E-state index contributed by atoms with van der Waals surface area (Å²) in [6, 6.07) is 11.1. The second kappa shape index (κ2) is 4.81. The molecule has 1 N–H and O–H groups in total. The molecule has 1 unspecified atom stereocenters. The zero-order valence-electron chi connectivity index (χ0n) is 13.8. The van der Waals surface area contributed by atoms with E-state index in [1.54, 1.807) is 0 Å². The van der Waals surface area contributed by atoms with Gasteiger partial charge in [-0.05, 0) is 34.9 Å². The number of hydrogen-bond donors (Lipinski definition) is 1. The van der Waals surface area contributed by atoms with Gasteiger partial charge in [-0.15, -0.1) is 0 Å². The van der Waals surface area contributed by atoms with Crippen LogP contribution < -0.4 is 5.32 Å². The van der Waals surface area contributed by atoms with Crippen LogP contribution in [0.3, 0.4) is 0 Å². The molecule has 1 heterocycles. The zero-order chi connectivity index (χ0) is 15.3. The van der Waals surface area contributed by atoms with Crippen molar-refractivity contribution in [1.82, 2.24) is 10.3 Å². The Labute approximate surface area is 128 Å². The van der Waals surface area contributed by atoms with Crippen molar-refractivity contribution in [3.8, 4) is 0 Å². The lowest BCUT2D eigenvalue weighted by Gasteiger charge is -2.22. The third-order valence-corrected chi connectivity index (χ3v) is 5.89. The van der Waals surface area contributed by atoms with Crippen LogP contribution in [0.4, 0.5) is 0 Å². The highest BCUT2D eigenvalue weighted by Crippen LogP contribution is 2.72. The molecule has 0 bridgehead atoms. The molecule has 112 valence electrons. The largest absolute Gasteiger partial charge is 0.310 e. The van der Waals surface area contributed by atoms with Gasteiger partial charge in [0.05, 0.1) is 5.52 Å². The molecule has 1 saturated carbocycles. The van der Waals surface area contributed by atoms with E-state index in [2.05, 4.69) is 69.2 Å². The molecule has 2 heteroatoms. The molecule has 1 aromatic carbocycles. The van der Waals surface area contributed by atoms with Crippen molar-refractivity contribution in [1.29, 1.82) is 0 Å². The Kier molecular flexibility index (Phi) is 3.32. The third kappa shape index (κ3) is 2.08. The first-order valence-electron chi connectivity index (χ1n) is 7.98. The molecule has 2 nitrogen and oxygen atoms in total. The summed E-state index contributed by atoms with van der Waals surface area (Å²) >= 11 is 0. The van der Waals surface area contributed by atoms with Crippen LogP contribution >= 0.6 is 0 Å². The maximum atomic E-state index is 4.65. The van der Waals surface area contributed by atoms with E-state index in [4.69, 9.17) is 0 Å². The molecule has 1 aliphatic carbocycles. The molecule has 1 aromatic heterocycles. The van der Waals surface area contributed by atoms with Crippen LogP contribution in [0.5, 0.6) is 0 Å². The van der Waals surface area contributed by atoms with Gasteiger partial charge in [0.1, 0.15) is 0 Å². The summed E-state index contributed by atoms with van der Waals surface area (Å²) in [6.45, 7) is 12.7. The van der Waals surface area contributed by atoms with E-state index in [-0.39, 0.29) is 0 Å². The number of para-hydroxylation sites is 1. The summed E-state index contributed by atoms with van der Waals surface area (Å²) in [7, 11) is 0. The van der Waals surface area contributed by atoms with Gasteiger partial charge >= 0.3 is 0 Å². The van der Waals surface area contributed by atoms with E-state index in [1.165, 1.54) is 10.9 Å². The van der Waals surface area contributed by atoms with Crippen molar-refractivity contribution in [2.24, 2.45) is 16.7 Å². The van der Waals surface area contributed by atoms with Crippen LogP contribution in [-0.2, 0) is 0 Å². The zero-order valence-corrected chi connectivity index (χ0v) is 13.8. The standard InChI is InChI=1S/C19H26N2/c1-6-20-16(17-18(2,3)19(17,4)5)14-11-7-9-13-10-8-12-21-15(13)14/h7-12,16-17,20H,6H2,1-5H3. The van der Waals surface area contributed by atoms with Crippen molar-refractivity contribution in [3.63, 3.8) is 0 Å². The molecule has 0 spiro atoms. The monoisotopic (exact) mass is 282 g/mol. The first kappa shape index (κ1) is 14.5. The molecule has 2 aromatic rings. The normalized spacial score (nSPS) is 21.4. The number of nitrogens with zero attached hydrogens (tertiary/aromatic N) is 1. The van der Waals surface area contributed by atoms with E-state index in [1.807, 2.05) is 12.3 Å². The molecule has 3 rings (SSSR count). The average Bonchev–Trinajstić information content (AvgIpc) is 2.86. The first-order chi connectivity index (χ1) is 9.91. The van der Waals surface area contributed by atoms with Gasteiger partial charge < -0.3 is 5.32 Å². The molecular weight excluding hydrogens is 256 g/mol. The van der Waals surface area contributed by atoms with Crippen LogP contribution in [0, 0.1) is 16.7 Å². The number of benzene rings is 1. The molecule has 21 heavy (non-hydrogen) atoms. The van der Waals surface area contributed by atoms with Gasteiger partial charge in [-0.3, -0.25) is 4.98 Å². The Morgan fingerprint density at radius 2 is 1.76 bits per heavy atom. The van der Waals surface area contributed by atoms with Crippen LogP contribution in [0.25, 0.3) is 10.9 Å². The molecule has 0 radical (unpaired) electrons. The van der Waals surface area contributed by atoms with E-state index >= 15 is 0 Å². The molecular formula is C19H26N2. The predicted molar refractivity (Wildman–Crippen MR) is 89.2 cm³/mol.